The molecule has 1 aliphatic rings. The van der Waals surface area contributed by atoms with Gasteiger partial charge in [-0.15, -0.1) is 0 Å². The lowest BCUT2D eigenvalue weighted by molar-refractivity contribution is -0.292. The topological polar surface area (TPSA) is 142 Å². The summed E-state index contributed by atoms with van der Waals surface area (Å²) < 4.78 is 0. The van der Waals surface area contributed by atoms with E-state index in [4.69, 9.17) is 0 Å². The average Bonchev–Trinajstić information content (AvgIpc) is 2.31. The molecule has 1 atom stereocenters. The Morgan fingerprint density at radius 3 is 2.17 bits per heavy atom. The van der Waals surface area contributed by atoms with Crippen molar-refractivity contribution in [3.63, 3.8) is 0 Å². The minimum Gasteiger partial charge on any atom is -0.377 e. The second kappa shape index (κ2) is 5.23. The maximum absolute atomic E-state index is 11.3. The third-order valence-electron chi connectivity index (χ3n) is 1.81. The first-order chi connectivity index (χ1) is 8.39. The monoisotopic (exact) mass is 262 g/mol. The van der Waals surface area contributed by atoms with Gasteiger partial charge in [-0.1, -0.05) is 0 Å². The zero-order valence-electron chi connectivity index (χ0n) is 8.61. The molecule has 98 valence electrons. The fraction of sp³-hybridized carbons (Fsp3) is 0.375. The molecule has 18 heavy (non-hydrogen) atoms. The minimum absolute atomic E-state index is 0.133. The van der Waals surface area contributed by atoms with Crippen molar-refractivity contribution in [1.82, 2.24) is 0 Å². The highest BCUT2D eigenvalue weighted by Gasteiger charge is 2.44. The second-order valence-electron chi connectivity index (χ2n) is 3.15. The number of aldehydes is 1. The zero-order valence-corrected chi connectivity index (χ0v) is 8.61. The SMILES string of the molecule is O=CCC1(O)CC(=O)OOC(=O)C(=O)OOC1=O. The number of hydrogen-bond donors (Lipinski definition) is 1. The van der Waals surface area contributed by atoms with Crippen LogP contribution in [0.4, 0.5) is 0 Å². The largest absolute Gasteiger partial charge is 0.467 e. The molecule has 0 spiro atoms. The minimum atomic E-state index is -2.58. The van der Waals surface area contributed by atoms with Crippen LogP contribution in [0, 0.1) is 0 Å². The summed E-state index contributed by atoms with van der Waals surface area (Å²) in [6, 6.07) is 0. The fourth-order valence-corrected chi connectivity index (χ4v) is 0.939. The Balaban J connectivity index is 2.92. The van der Waals surface area contributed by atoms with Crippen molar-refractivity contribution >= 4 is 30.2 Å². The smallest absolute Gasteiger partial charge is 0.377 e. The quantitative estimate of drug-likeness (QED) is 0.328. The summed E-state index contributed by atoms with van der Waals surface area (Å²) in [6.07, 6.45) is -1.71. The van der Waals surface area contributed by atoms with Gasteiger partial charge in [0.2, 0.25) is 0 Å². The molecule has 10 nitrogen and oxygen atoms in total. The van der Waals surface area contributed by atoms with Crippen LogP contribution in [0.25, 0.3) is 0 Å². The molecular formula is C8H6O10. The van der Waals surface area contributed by atoms with Gasteiger partial charge in [-0.25, -0.2) is 38.7 Å². The summed E-state index contributed by atoms with van der Waals surface area (Å²) in [5.41, 5.74) is -2.58. The van der Waals surface area contributed by atoms with E-state index in [0.717, 1.165) is 0 Å². The molecule has 0 saturated carbocycles. The number of carbonyl (C=O) groups is 5. The Kier molecular flexibility index (Phi) is 3.94. The highest BCUT2D eigenvalue weighted by molar-refractivity contribution is 6.29. The summed E-state index contributed by atoms with van der Waals surface area (Å²) >= 11 is 0. The third-order valence-corrected chi connectivity index (χ3v) is 1.81. The van der Waals surface area contributed by atoms with Gasteiger partial charge < -0.3 is 9.90 Å². The van der Waals surface area contributed by atoms with Crippen LogP contribution in [0.5, 0.6) is 0 Å². The first-order valence-electron chi connectivity index (χ1n) is 4.39. The lowest BCUT2D eigenvalue weighted by atomic mass is 9.97. The predicted molar refractivity (Wildman–Crippen MR) is 44.6 cm³/mol. The van der Waals surface area contributed by atoms with Crippen LogP contribution in [-0.4, -0.2) is 40.9 Å². The molecule has 1 saturated heterocycles. The Morgan fingerprint density at radius 2 is 1.61 bits per heavy atom. The highest BCUT2D eigenvalue weighted by Crippen LogP contribution is 2.18. The summed E-state index contributed by atoms with van der Waals surface area (Å²) in [7, 11) is 0. The van der Waals surface area contributed by atoms with Gasteiger partial charge in [-0.05, 0) is 0 Å². The van der Waals surface area contributed by atoms with Crippen LogP contribution >= 0.6 is 0 Å². The van der Waals surface area contributed by atoms with Crippen LogP contribution in [-0.2, 0) is 43.5 Å². The molecule has 0 aromatic carbocycles. The first kappa shape index (κ1) is 13.6. The normalized spacial score (nSPS) is 25.4. The maximum Gasteiger partial charge on any atom is 0.467 e. The third kappa shape index (κ3) is 3.01. The Labute approximate surface area is 98.2 Å². The van der Waals surface area contributed by atoms with Gasteiger partial charge in [0, 0.05) is 6.42 Å². The van der Waals surface area contributed by atoms with E-state index >= 15 is 0 Å². The number of rotatable bonds is 2. The molecule has 0 bridgehead atoms. The van der Waals surface area contributed by atoms with E-state index in [2.05, 4.69) is 19.6 Å². The molecule has 0 aromatic rings. The van der Waals surface area contributed by atoms with Crippen molar-refractivity contribution in [2.45, 2.75) is 18.4 Å². The van der Waals surface area contributed by atoms with E-state index in [1.165, 1.54) is 0 Å². The summed E-state index contributed by atoms with van der Waals surface area (Å²) in [6.45, 7) is 0. The summed E-state index contributed by atoms with van der Waals surface area (Å²) in [4.78, 5) is 69.1. The Morgan fingerprint density at radius 1 is 1.06 bits per heavy atom. The van der Waals surface area contributed by atoms with Gasteiger partial charge in [0.1, 0.15) is 6.29 Å². The lowest BCUT2D eigenvalue weighted by Gasteiger charge is -2.21. The fourth-order valence-electron chi connectivity index (χ4n) is 0.939. The molecular weight excluding hydrogens is 256 g/mol. The molecule has 1 fully saturated rings. The second-order valence-corrected chi connectivity index (χ2v) is 3.15. The summed E-state index contributed by atoms with van der Waals surface area (Å²) in [5.74, 6) is -6.49. The predicted octanol–water partition coefficient (Wildman–Crippen LogP) is -2.29. The molecule has 1 aliphatic heterocycles. The number of aliphatic hydroxyl groups is 1. The molecule has 10 heteroatoms. The van der Waals surface area contributed by atoms with Gasteiger partial charge in [0.05, 0.1) is 6.42 Å². The van der Waals surface area contributed by atoms with Crippen molar-refractivity contribution in [2.75, 3.05) is 0 Å². The molecule has 1 heterocycles. The lowest BCUT2D eigenvalue weighted by Crippen LogP contribution is -2.44. The Bertz CT molecular complexity index is 412. The molecule has 0 radical (unpaired) electrons. The molecule has 0 aromatic heterocycles. The van der Waals surface area contributed by atoms with E-state index < -0.39 is 42.3 Å². The van der Waals surface area contributed by atoms with Crippen molar-refractivity contribution in [1.29, 1.82) is 0 Å². The van der Waals surface area contributed by atoms with E-state index in [1.807, 2.05) is 0 Å². The first-order valence-corrected chi connectivity index (χ1v) is 4.39. The van der Waals surface area contributed by atoms with E-state index in [9.17, 15) is 29.1 Å². The Hall–Kier alpha value is -2.49. The van der Waals surface area contributed by atoms with E-state index in [1.54, 1.807) is 0 Å². The van der Waals surface area contributed by atoms with Gasteiger partial charge >= 0.3 is 23.9 Å². The number of hydrogen-bond acceptors (Lipinski definition) is 10. The van der Waals surface area contributed by atoms with E-state index in [-0.39, 0.29) is 6.29 Å². The van der Waals surface area contributed by atoms with Gasteiger partial charge in [-0.3, -0.25) is 0 Å². The molecule has 0 amide bonds. The van der Waals surface area contributed by atoms with Crippen LogP contribution in [0.15, 0.2) is 0 Å². The van der Waals surface area contributed by atoms with Crippen LogP contribution in [0.2, 0.25) is 0 Å². The average molecular weight is 262 g/mol. The van der Waals surface area contributed by atoms with Crippen molar-refractivity contribution in [3.05, 3.63) is 0 Å². The van der Waals surface area contributed by atoms with Crippen LogP contribution in [0.1, 0.15) is 12.8 Å². The molecule has 1 N–H and O–H groups in total. The molecule has 1 rings (SSSR count). The zero-order chi connectivity index (χ0) is 13.8. The van der Waals surface area contributed by atoms with Crippen LogP contribution in [0.3, 0.4) is 0 Å². The van der Waals surface area contributed by atoms with Crippen molar-refractivity contribution in [2.24, 2.45) is 0 Å². The summed E-state index contributed by atoms with van der Waals surface area (Å²) in [5, 5.41) is 9.65. The molecule has 0 aliphatic carbocycles. The van der Waals surface area contributed by atoms with Gasteiger partial charge in [0.25, 0.3) is 0 Å². The van der Waals surface area contributed by atoms with E-state index in [0.29, 0.717) is 0 Å². The highest BCUT2D eigenvalue weighted by atomic mass is 17.2. The van der Waals surface area contributed by atoms with Crippen molar-refractivity contribution < 1.29 is 48.6 Å². The van der Waals surface area contributed by atoms with Crippen molar-refractivity contribution in [3.8, 4) is 0 Å². The number of carbonyl (C=O) groups excluding carboxylic acids is 5. The maximum atomic E-state index is 11.3. The van der Waals surface area contributed by atoms with Gasteiger partial charge in [0.15, 0.2) is 5.60 Å². The standard InChI is InChI=1S/C8H6O10/c9-2-1-8(14)3-4(10)15-16-5(11)6(12)17-18-7(8)13/h2,14H,1,3H2. The van der Waals surface area contributed by atoms with Gasteiger partial charge in [-0.2, -0.15) is 0 Å². The molecule has 1 unspecified atom stereocenters. The van der Waals surface area contributed by atoms with Crippen LogP contribution < -0.4 is 0 Å².